The van der Waals surface area contributed by atoms with Crippen molar-refractivity contribution in [2.45, 2.75) is 52.7 Å². The molecule has 2 nitrogen and oxygen atoms in total. The van der Waals surface area contributed by atoms with E-state index in [1.807, 2.05) is 0 Å². The molecule has 0 aliphatic rings. The molecule has 1 N–H and O–H groups in total. The van der Waals surface area contributed by atoms with Crippen LogP contribution in [0.25, 0.3) is 0 Å². The van der Waals surface area contributed by atoms with Crippen LogP contribution in [0.1, 0.15) is 49.4 Å². The second-order valence-electron chi connectivity index (χ2n) is 5.51. The lowest BCUT2D eigenvalue weighted by Gasteiger charge is -2.17. The molecule has 0 aliphatic carbocycles. The van der Waals surface area contributed by atoms with E-state index in [2.05, 4.69) is 73.4 Å². The number of nitrogens with zero attached hydrogens (tertiary/aromatic N) is 1. The molecule has 0 bridgehead atoms. The molecule has 0 spiro atoms. The van der Waals surface area contributed by atoms with Crippen LogP contribution < -0.4 is 5.32 Å². The van der Waals surface area contributed by atoms with Gasteiger partial charge in [0.2, 0.25) is 0 Å². The predicted molar refractivity (Wildman–Crippen MR) is 85.8 cm³/mol. The molecule has 1 heterocycles. The van der Waals surface area contributed by atoms with Crippen molar-refractivity contribution >= 4 is 0 Å². The first-order valence-electron chi connectivity index (χ1n) is 7.67. The molecule has 1 atom stereocenters. The summed E-state index contributed by atoms with van der Waals surface area (Å²) in [4.78, 5) is 0. The van der Waals surface area contributed by atoms with Gasteiger partial charge in [-0.15, -0.1) is 0 Å². The van der Waals surface area contributed by atoms with E-state index in [4.69, 9.17) is 0 Å². The zero-order valence-corrected chi connectivity index (χ0v) is 12.9. The molecule has 1 unspecified atom stereocenters. The Bertz CT molecular complexity index is 510. The molecule has 0 radical (unpaired) electrons. The van der Waals surface area contributed by atoms with Crippen molar-refractivity contribution in [1.82, 2.24) is 9.88 Å². The van der Waals surface area contributed by atoms with Crippen LogP contribution >= 0.6 is 0 Å². The fourth-order valence-corrected chi connectivity index (χ4v) is 2.53. The van der Waals surface area contributed by atoms with Crippen LogP contribution in [0.15, 0.2) is 42.7 Å². The summed E-state index contributed by atoms with van der Waals surface area (Å²) in [5.74, 6) is 0. The van der Waals surface area contributed by atoms with Crippen LogP contribution in [0, 0.1) is 6.92 Å². The van der Waals surface area contributed by atoms with Gasteiger partial charge in [-0.3, -0.25) is 0 Å². The van der Waals surface area contributed by atoms with E-state index in [1.54, 1.807) is 0 Å². The predicted octanol–water partition coefficient (Wildman–Crippen LogP) is 4.45. The monoisotopic (exact) mass is 270 g/mol. The summed E-state index contributed by atoms with van der Waals surface area (Å²) in [5, 5.41) is 3.66. The standard InChI is InChI=1S/C18H26N2/c1-4-11-20-12-10-16(14-20)13-19-18(5-2)17-8-6-15(3)7-9-17/h6-10,12,14,18-19H,4-5,11,13H2,1-3H3. The molecule has 2 heteroatoms. The first kappa shape index (κ1) is 14.9. The van der Waals surface area contributed by atoms with Gasteiger partial charge in [-0.2, -0.15) is 0 Å². The second kappa shape index (κ2) is 7.30. The molecule has 2 rings (SSSR count). The number of benzene rings is 1. The quantitative estimate of drug-likeness (QED) is 0.786. The minimum Gasteiger partial charge on any atom is -0.354 e. The minimum absolute atomic E-state index is 0.435. The van der Waals surface area contributed by atoms with E-state index in [0.29, 0.717) is 6.04 Å². The zero-order valence-electron chi connectivity index (χ0n) is 12.9. The molecule has 20 heavy (non-hydrogen) atoms. The molecule has 0 saturated heterocycles. The Kier molecular flexibility index (Phi) is 5.42. The number of hydrogen-bond acceptors (Lipinski definition) is 1. The fraction of sp³-hybridized carbons (Fsp3) is 0.444. The fourth-order valence-electron chi connectivity index (χ4n) is 2.53. The summed E-state index contributed by atoms with van der Waals surface area (Å²) in [7, 11) is 0. The van der Waals surface area contributed by atoms with Crippen LogP contribution in [0.3, 0.4) is 0 Å². The van der Waals surface area contributed by atoms with Gasteiger partial charge in [-0.1, -0.05) is 43.7 Å². The molecular formula is C18H26N2. The molecular weight excluding hydrogens is 244 g/mol. The second-order valence-corrected chi connectivity index (χ2v) is 5.51. The number of nitrogens with one attached hydrogen (secondary N) is 1. The summed E-state index contributed by atoms with van der Waals surface area (Å²) in [6.45, 7) is 8.62. The van der Waals surface area contributed by atoms with Gasteiger partial charge in [0.25, 0.3) is 0 Å². The summed E-state index contributed by atoms with van der Waals surface area (Å²) in [5.41, 5.74) is 4.07. The van der Waals surface area contributed by atoms with E-state index < -0.39 is 0 Å². The van der Waals surface area contributed by atoms with Crippen LogP contribution in [0.4, 0.5) is 0 Å². The molecule has 0 amide bonds. The largest absolute Gasteiger partial charge is 0.354 e. The summed E-state index contributed by atoms with van der Waals surface area (Å²) in [6.07, 6.45) is 6.72. The summed E-state index contributed by atoms with van der Waals surface area (Å²) >= 11 is 0. The van der Waals surface area contributed by atoms with Crippen molar-refractivity contribution in [2.24, 2.45) is 0 Å². The smallest absolute Gasteiger partial charge is 0.0320 e. The first-order valence-corrected chi connectivity index (χ1v) is 7.67. The maximum atomic E-state index is 3.66. The SMILES string of the molecule is CCCn1ccc(CNC(CC)c2ccc(C)cc2)c1. The number of rotatable bonds is 7. The van der Waals surface area contributed by atoms with Crippen LogP contribution in [-0.2, 0) is 13.1 Å². The van der Waals surface area contributed by atoms with Gasteiger partial charge in [-0.05, 0) is 37.0 Å². The van der Waals surface area contributed by atoms with E-state index in [1.165, 1.54) is 23.1 Å². The lowest BCUT2D eigenvalue weighted by molar-refractivity contribution is 0.518. The molecule has 1 aromatic carbocycles. The highest BCUT2D eigenvalue weighted by Gasteiger charge is 2.08. The highest BCUT2D eigenvalue weighted by Crippen LogP contribution is 2.18. The van der Waals surface area contributed by atoms with E-state index >= 15 is 0 Å². The third kappa shape index (κ3) is 3.97. The number of aryl methyl sites for hydroxylation is 2. The van der Waals surface area contributed by atoms with Gasteiger partial charge in [0.05, 0.1) is 0 Å². The van der Waals surface area contributed by atoms with Crippen molar-refractivity contribution in [3.63, 3.8) is 0 Å². The van der Waals surface area contributed by atoms with E-state index in [9.17, 15) is 0 Å². The van der Waals surface area contributed by atoms with Crippen LogP contribution in [0.5, 0.6) is 0 Å². The molecule has 2 aromatic rings. The lowest BCUT2D eigenvalue weighted by Crippen LogP contribution is -2.20. The lowest BCUT2D eigenvalue weighted by atomic mass is 10.0. The Labute approximate surface area is 122 Å². The van der Waals surface area contributed by atoms with E-state index in [0.717, 1.165) is 19.5 Å². The number of aromatic nitrogens is 1. The Balaban J connectivity index is 1.94. The Morgan fingerprint density at radius 3 is 2.50 bits per heavy atom. The average Bonchev–Trinajstić information content (AvgIpc) is 2.89. The first-order chi connectivity index (χ1) is 9.72. The minimum atomic E-state index is 0.435. The van der Waals surface area contributed by atoms with Crippen molar-refractivity contribution in [3.8, 4) is 0 Å². The maximum Gasteiger partial charge on any atom is 0.0320 e. The molecule has 0 saturated carbocycles. The average molecular weight is 270 g/mol. The third-order valence-corrected chi connectivity index (χ3v) is 3.73. The highest BCUT2D eigenvalue weighted by atomic mass is 15.0. The Hall–Kier alpha value is -1.54. The van der Waals surface area contributed by atoms with Gasteiger partial charge in [0.15, 0.2) is 0 Å². The van der Waals surface area contributed by atoms with Crippen LogP contribution in [-0.4, -0.2) is 4.57 Å². The molecule has 0 aliphatic heterocycles. The van der Waals surface area contributed by atoms with Gasteiger partial charge in [0.1, 0.15) is 0 Å². The molecule has 108 valence electrons. The van der Waals surface area contributed by atoms with Crippen molar-refractivity contribution in [1.29, 1.82) is 0 Å². The normalized spacial score (nSPS) is 12.6. The van der Waals surface area contributed by atoms with Gasteiger partial charge < -0.3 is 9.88 Å². The van der Waals surface area contributed by atoms with Gasteiger partial charge in [0, 0.05) is 31.5 Å². The number of hydrogen-bond donors (Lipinski definition) is 1. The summed E-state index contributed by atoms with van der Waals surface area (Å²) < 4.78 is 2.27. The topological polar surface area (TPSA) is 17.0 Å². The summed E-state index contributed by atoms with van der Waals surface area (Å²) in [6, 6.07) is 11.5. The Morgan fingerprint density at radius 2 is 1.85 bits per heavy atom. The van der Waals surface area contributed by atoms with E-state index in [-0.39, 0.29) is 0 Å². The zero-order chi connectivity index (χ0) is 14.4. The van der Waals surface area contributed by atoms with Gasteiger partial charge in [-0.25, -0.2) is 0 Å². The highest BCUT2D eigenvalue weighted by molar-refractivity contribution is 5.24. The van der Waals surface area contributed by atoms with Gasteiger partial charge >= 0.3 is 0 Å². The van der Waals surface area contributed by atoms with Crippen molar-refractivity contribution < 1.29 is 0 Å². The third-order valence-electron chi connectivity index (χ3n) is 3.73. The molecule has 0 fully saturated rings. The van der Waals surface area contributed by atoms with Crippen molar-refractivity contribution in [2.75, 3.05) is 0 Å². The Morgan fingerprint density at radius 1 is 1.10 bits per heavy atom. The molecule has 1 aromatic heterocycles. The van der Waals surface area contributed by atoms with Crippen molar-refractivity contribution in [3.05, 3.63) is 59.4 Å². The maximum absolute atomic E-state index is 3.66. The van der Waals surface area contributed by atoms with Crippen LogP contribution in [0.2, 0.25) is 0 Å².